The van der Waals surface area contributed by atoms with E-state index in [9.17, 15) is 0 Å². The third-order valence-electron chi connectivity index (χ3n) is 4.31. The SMILES string of the molecule is COc1ccc(C2CCOC2)cc1CN1CCNCC1. The molecule has 2 fully saturated rings. The minimum atomic E-state index is 0.558. The zero-order chi connectivity index (χ0) is 13.8. The van der Waals surface area contributed by atoms with E-state index >= 15 is 0 Å². The van der Waals surface area contributed by atoms with Gasteiger partial charge in [0.05, 0.1) is 13.7 Å². The lowest BCUT2D eigenvalue weighted by Gasteiger charge is -2.28. The van der Waals surface area contributed by atoms with Crippen molar-refractivity contribution in [2.45, 2.75) is 18.9 Å². The molecule has 4 heteroatoms. The first kappa shape index (κ1) is 13.9. The summed E-state index contributed by atoms with van der Waals surface area (Å²) in [7, 11) is 1.76. The fraction of sp³-hybridized carbons (Fsp3) is 0.625. The number of nitrogens with one attached hydrogen (secondary N) is 1. The first-order valence-corrected chi connectivity index (χ1v) is 7.54. The van der Waals surface area contributed by atoms with Gasteiger partial charge in [-0.2, -0.15) is 0 Å². The van der Waals surface area contributed by atoms with Gasteiger partial charge in [-0.05, 0) is 18.1 Å². The molecule has 1 aromatic rings. The smallest absolute Gasteiger partial charge is 0.123 e. The van der Waals surface area contributed by atoms with E-state index in [4.69, 9.17) is 9.47 Å². The molecule has 0 saturated carbocycles. The Balaban J connectivity index is 1.76. The molecule has 3 rings (SSSR count). The Hall–Kier alpha value is -1.10. The molecule has 110 valence electrons. The molecule has 20 heavy (non-hydrogen) atoms. The standard InChI is InChI=1S/C16H24N2O2/c1-19-16-3-2-13(14-4-9-20-12-14)10-15(16)11-18-7-5-17-6-8-18/h2-3,10,14,17H,4-9,11-12H2,1H3. The minimum absolute atomic E-state index is 0.558. The number of hydrogen-bond acceptors (Lipinski definition) is 4. The largest absolute Gasteiger partial charge is 0.496 e. The summed E-state index contributed by atoms with van der Waals surface area (Å²) in [6, 6.07) is 6.63. The number of nitrogens with zero attached hydrogens (tertiary/aromatic N) is 1. The number of rotatable bonds is 4. The second-order valence-corrected chi connectivity index (χ2v) is 5.66. The highest BCUT2D eigenvalue weighted by Gasteiger charge is 2.20. The third-order valence-corrected chi connectivity index (χ3v) is 4.31. The first-order valence-electron chi connectivity index (χ1n) is 7.54. The lowest BCUT2D eigenvalue weighted by atomic mass is 9.96. The lowest BCUT2D eigenvalue weighted by Crippen LogP contribution is -2.42. The van der Waals surface area contributed by atoms with Gasteiger partial charge in [0, 0.05) is 50.8 Å². The minimum Gasteiger partial charge on any atom is -0.496 e. The van der Waals surface area contributed by atoms with Crippen LogP contribution in [-0.4, -0.2) is 51.4 Å². The molecule has 4 nitrogen and oxygen atoms in total. The van der Waals surface area contributed by atoms with Crippen molar-refractivity contribution in [3.05, 3.63) is 29.3 Å². The van der Waals surface area contributed by atoms with Gasteiger partial charge in [0.2, 0.25) is 0 Å². The highest BCUT2D eigenvalue weighted by Crippen LogP contribution is 2.30. The molecule has 1 unspecified atom stereocenters. The average molecular weight is 276 g/mol. The van der Waals surface area contributed by atoms with E-state index in [2.05, 4.69) is 28.4 Å². The summed E-state index contributed by atoms with van der Waals surface area (Å²) in [4.78, 5) is 2.49. The highest BCUT2D eigenvalue weighted by molar-refractivity contribution is 5.39. The molecule has 1 aromatic carbocycles. The molecule has 1 atom stereocenters. The van der Waals surface area contributed by atoms with E-state index in [1.54, 1.807) is 7.11 Å². The van der Waals surface area contributed by atoms with Crippen LogP contribution in [0.1, 0.15) is 23.5 Å². The summed E-state index contributed by atoms with van der Waals surface area (Å²) in [6.45, 7) is 7.12. The van der Waals surface area contributed by atoms with Crippen LogP contribution in [0.25, 0.3) is 0 Å². The maximum atomic E-state index is 5.53. The van der Waals surface area contributed by atoms with E-state index < -0.39 is 0 Å². The van der Waals surface area contributed by atoms with E-state index in [1.165, 1.54) is 11.1 Å². The maximum absolute atomic E-state index is 5.53. The fourth-order valence-electron chi connectivity index (χ4n) is 3.08. The van der Waals surface area contributed by atoms with Crippen molar-refractivity contribution in [3.63, 3.8) is 0 Å². The molecule has 0 bridgehead atoms. The molecule has 0 aromatic heterocycles. The van der Waals surface area contributed by atoms with Gasteiger partial charge < -0.3 is 14.8 Å². The molecule has 2 aliphatic heterocycles. The van der Waals surface area contributed by atoms with Gasteiger partial charge >= 0.3 is 0 Å². The van der Waals surface area contributed by atoms with Crippen LogP contribution in [-0.2, 0) is 11.3 Å². The summed E-state index contributed by atoms with van der Waals surface area (Å²) in [6.07, 6.45) is 1.14. The van der Waals surface area contributed by atoms with E-state index in [0.717, 1.165) is 58.1 Å². The van der Waals surface area contributed by atoms with Crippen LogP contribution in [0.5, 0.6) is 5.75 Å². The molecule has 2 saturated heterocycles. The quantitative estimate of drug-likeness (QED) is 0.906. The Labute approximate surface area is 121 Å². The van der Waals surface area contributed by atoms with Gasteiger partial charge in [-0.1, -0.05) is 12.1 Å². The Morgan fingerprint density at radius 3 is 2.90 bits per heavy atom. The molecule has 2 aliphatic rings. The zero-order valence-corrected chi connectivity index (χ0v) is 12.2. The normalized spacial score (nSPS) is 23.9. The fourth-order valence-corrected chi connectivity index (χ4v) is 3.08. The Kier molecular flexibility index (Phi) is 4.55. The average Bonchev–Trinajstić information content (AvgIpc) is 3.02. The molecule has 2 heterocycles. The Bertz CT molecular complexity index is 438. The van der Waals surface area contributed by atoms with E-state index in [-0.39, 0.29) is 0 Å². The molecule has 0 amide bonds. The molecular formula is C16H24N2O2. The van der Waals surface area contributed by atoms with Gasteiger partial charge in [-0.3, -0.25) is 4.90 Å². The molecule has 0 spiro atoms. The summed E-state index contributed by atoms with van der Waals surface area (Å²) in [5.74, 6) is 1.56. The number of hydrogen-bond donors (Lipinski definition) is 1. The maximum Gasteiger partial charge on any atom is 0.123 e. The highest BCUT2D eigenvalue weighted by atomic mass is 16.5. The van der Waals surface area contributed by atoms with Crippen LogP contribution in [0, 0.1) is 0 Å². The van der Waals surface area contributed by atoms with Crippen molar-refractivity contribution in [2.75, 3.05) is 46.5 Å². The van der Waals surface area contributed by atoms with Crippen LogP contribution in [0.4, 0.5) is 0 Å². The van der Waals surface area contributed by atoms with Crippen LogP contribution in [0.3, 0.4) is 0 Å². The third kappa shape index (κ3) is 3.14. The van der Waals surface area contributed by atoms with Crippen molar-refractivity contribution in [2.24, 2.45) is 0 Å². The van der Waals surface area contributed by atoms with Crippen molar-refractivity contribution in [1.29, 1.82) is 0 Å². The second-order valence-electron chi connectivity index (χ2n) is 5.66. The summed E-state index contributed by atoms with van der Waals surface area (Å²) >= 11 is 0. The molecule has 0 radical (unpaired) electrons. The number of ether oxygens (including phenoxy) is 2. The number of piperazine rings is 1. The van der Waals surface area contributed by atoms with Crippen LogP contribution in [0.2, 0.25) is 0 Å². The van der Waals surface area contributed by atoms with E-state index in [0.29, 0.717) is 5.92 Å². The summed E-state index contributed by atoms with van der Waals surface area (Å²) < 4.78 is 11.0. The van der Waals surface area contributed by atoms with Crippen molar-refractivity contribution in [3.8, 4) is 5.75 Å². The topological polar surface area (TPSA) is 33.7 Å². The first-order chi connectivity index (χ1) is 9.86. The monoisotopic (exact) mass is 276 g/mol. The van der Waals surface area contributed by atoms with Gasteiger partial charge in [0.15, 0.2) is 0 Å². The molecular weight excluding hydrogens is 252 g/mol. The Morgan fingerprint density at radius 2 is 2.20 bits per heavy atom. The number of methoxy groups -OCH3 is 1. The molecule has 0 aliphatic carbocycles. The lowest BCUT2D eigenvalue weighted by molar-refractivity contribution is 0.194. The van der Waals surface area contributed by atoms with Gasteiger partial charge in [0.1, 0.15) is 5.75 Å². The van der Waals surface area contributed by atoms with Crippen LogP contribution in [0.15, 0.2) is 18.2 Å². The zero-order valence-electron chi connectivity index (χ0n) is 12.2. The van der Waals surface area contributed by atoms with Crippen LogP contribution < -0.4 is 10.1 Å². The number of benzene rings is 1. The molecule has 1 N–H and O–H groups in total. The van der Waals surface area contributed by atoms with Gasteiger partial charge in [-0.15, -0.1) is 0 Å². The predicted molar refractivity (Wildman–Crippen MR) is 79.3 cm³/mol. The summed E-state index contributed by atoms with van der Waals surface area (Å²) in [5, 5.41) is 3.40. The Morgan fingerprint density at radius 1 is 1.35 bits per heavy atom. The van der Waals surface area contributed by atoms with Gasteiger partial charge in [-0.25, -0.2) is 0 Å². The second kappa shape index (κ2) is 6.57. The summed E-state index contributed by atoms with van der Waals surface area (Å²) in [5.41, 5.74) is 2.70. The van der Waals surface area contributed by atoms with Crippen molar-refractivity contribution < 1.29 is 9.47 Å². The van der Waals surface area contributed by atoms with Crippen molar-refractivity contribution in [1.82, 2.24) is 10.2 Å². The van der Waals surface area contributed by atoms with Gasteiger partial charge in [0.25, 0.3) is 0 Å². The van der Waals surface area contributed by atoms with Crippen LogP contribution >= 0.6 is 0 Å². The predicted octanol–water partition coefficient (Wildman–Crippen LogP) is 1.60. The van der Waals surface area contributed by atoms with E-state index in [1.807, 2.05) is 0 Å². The van der Waals surface area contributed by atoms with Crippen molar-refractivity contribution >= 4 is 0 Å².